The number of aromatic nitrogens is 3. The van der Waals surface area contributed by atoms with Gasteiger partial charge in [-0.2, -0.15) is 0 Å². The number of rotatable bonds is 4. The van der Waals surface area contributed by atoms with E-state index in [1.807, 2.05) is 25.1 Å². The predicted molar refractivity (Wildman–Crippen MR) is 72.1 cm³/mol. The van der Waals surface area contributed by atoms with E-state index in [1.54, 1.807) is 17.1 Å². The first kappa shape index (κ1) is 12.8. The van der Waals surface area contributed by atoms with Gasteiger partial charge in [-0.3, -0.25) is 9.48 Å². The number of anilines is 1. The third kappa shape index (κ3) is 3.40. The van der Waals surface area contributed by atoms with Gasteiger partial charge in [0.25, 0.3) is 0 Å². The Kier molecular flexibility index (Phi) is 4.09. The normalized spacial score (nSPS) is 10.3. The molecule has 1 amide bonds. The molecule has 0 saturated carbocycles. The monoisotopic (exact) mass is 308 g/mol. The van der Waals surface area contributed by atoms with Crippen LogP contribution in [0.15, 0.2) is 35.1 Å². The van der Waals surface area contributed by atoms with Crippen molar-refractivity contribution in [3.8, 4) is 0 Å². The smallest absolute Gasteiger partial charge is 0.226 e. The van der Waals surface area contributed by atoms with Gasteiger partial charge in [0.2, 0.25) is 5.91 Å². The summed E-state index contributed by atoms with van der Waals surface area (Å²) in [6.07, 6.45) is 3.70. The Morgan fingerprint density at radius 3 is 3.00 bits per heavy atom. The number of aryl methyl sites for hydroxylation is 2. The van der Waals surface area contributed by atoms with Crippen molar-refractivity contribution in [2.45, 2.75) is 19.9 Å². The molecule has 18 heavy (non-hydrogen) atoms. The van der Waals surface area contributed by atoms with E-state index in [2.05, 4.69) is 31.6 Å². The van der Waals surface area contributed by atoms with E-state index in [-0.39, 0.29) is 5.91 Å². The van der Waals surface area contributed by atoms with Crippen LogP contribution < -0.4 is 5.32 Å². The molecule has 6 heteroatoms. The zero-order valence-corrected chi connectivity index (χ0v) is 11.5. The molecule has 0 aliphatic rings. The second-order valence-electron chi connectivity index (χ2n) is 3.93. The molecule has 1 N–H and O–H groups in total. The maximum atomic E-state index is 11.7. The molecule has 1 heterocycles. The van der Waals surface area contributed by atoms with Crippen LogP contribution in [-0.4, -0.2) is 20.9 Å². The fraction of sp³-hybridized carbons (Fsp3) is 0.250. The summed E-state index contributed by atoms with van der Waals surface area (Å²) < 4.78 is 2.66. The molecule has 0 unspecified atom stereocenters. The molecule has 0 bridgehead atoms. The van der Waals surface area contributed by atoms with Crippen LogP contribution in [0, 0.1) is 6.92 Å². The molecule has 1 aromatic carbocycles. The standard InChI is InChI=1S/C12H13BrN4O/c1-9-8-10(2-3-11(9)13)15-12(18)4-6-17-7-5-14-16-17/h2-3,5,7-8H,4,6H2,1H3,(H,15,18). The molecule has 2 rings (SSSR count). The Labute approximate surface area is 113 Å². The summed E-state index contributed by atoms with van der Waals surface area (Å²) in [6, 6.07) is 5.71. The van der Waals surface area contributed by atoms with E-state index >= 15 is 0 Å². The largest absolute Gasteiger partial charge is 0.326 e. The van der Waals surface area contributed by atoms with Crippen LogP contribution in [0.3, 0.4) is 0 Å². The third-order valence-electron chi connectivity index (χ3n) is 2.48. The van der Waals surface area contributed by atoms with Gasteiger partial charge < -0.3 is 5.32 Å². The molecule has 0 atom stereocenters. The van der Waals surface area contributed by atoms with Crippen molar-refractivity contribution in [3.05, 3.63) is 40.6 Å². The summed E-state index contributed by atoms with van der Waals surface area (Å²) in [5, 5.41) is 10.3. The number of amides is 1. The minimum atomic E-state index is -0.0350. The van der Waals surface area contributed by atoms with E-state index in [1.165, 1.54) is 0 Å². The Morgan fingerprint density at radius 2 is 2.33 bits per heavy atom. The highest BCUT2D eigenvalue weighted by Crippen LogP contribution is 2.20. The lowest BCUT2D eigenvalue weighted by atomic mass is 10.2. The predicted octanol–water partition coefficient (Wildman–Crippen LogP) is 2.38. The molecule has 0 fully saturated rings. The molecular weight excluding hydrogens is 296 g/mol. The highest BCUT2D eigenvalue weighted by atomic mass is 79.9. The summed E-state index contributed by atoms with van der Waals surface area (Å²) in [5.41, 5.74) is 1.89. The number of hydrogen-bond acceptors (Lipinski definition) is 3. The molecule has 0 radical (unpaired) electrons. The second kappa shape index (κ2) is 5.77. The van der Waals surface area contributed by atoms with Crippen molar-refractivity contribution >= 4 is 27.5 Å². The lowest BCUT2D eigenvalue weighted by Gasteiger charge is -2.07. The number of carbonyl (C=O) groups excluding carboxylic acids is 1. The van der Waals surface area contributed by atoms with Crippen molar-refractivity contribution in [2.24, 2.45) is 0 Å². The number of benzene rings is 1. The first-order valence-corrected chi connectivity index (χ1v) is 6.34. The number of nitrogens with zero attached hydrogens (tertiary/aromatic N) is 3. The van der Waals surface area contributed by atoms with Crippen molar-refractivity contribution in [1.29, 1.82) is 0 Å². The number of halogens is 1. The maximum Gasteiger partial charge on any atom is 0.226 e. The minimum Gasteiger partial charge on any atom is -0.326 e. The Hall–Kier alpha value is -1.69. The number of nitrogens with one attached hydrogen (secondary N) is 1. The zero-order valence-electron chi connectivity index (χ0n) is 9.93. The number of hydrogen-bond donors (Lipinski definition) is 1. The van der Waals surface area contributed by atoms with E-state index < -0.39 is 0 Å². The molecule has 1 aromatic heterocycles. The van der Waals surface area contributed by atoms with Crippen LogP contribution in [-0.2, 0) is 11.3 Å². The van der Waals surface area contributed by atoms with Gasteiger partial charge in [-0.1, -0.05) is 21.1 Å². The van der Waals surface area contributed by atoms with Crippen molar-refractivity contribution < 1.29 is 4.79 Å². The first-order valence-electron chi connectivity index (χ1n) is 5.55. The minimum absolute atomic E-state index is 0.0350. The Morgan fingerprint density at radius 1 is 1.50 bits per heavy atom. The zero-order chi connectivity index (χ0) is 13.0. The molecule has 0 aliphatic carbocycles. The quantitative estimate of drug-likeness (QED) is 0.943. The van der Waals surface area contributed by atoms with E-state index in [9.17, 15) is 4.79 Å². The summed E-state index contributed by atoms with van der Waals surface area (Å²) in [5.74, 6) is -0.0350. The Balaban J connectivity index is 1.88. The summed E-state index contributed by atoms with van der Waals surface area (Å²) in [7, 11) is 0. The molecule has 0 saturated heterocycles. The summed E-state index contributed by atoms with van der Waals surface area (Å²) in [4.78, 5) is 11.7. The fourth-order valence-electron chi connectivity index (χ4n) is 1.51. The molecular formula is C12H13BrN4O. The van der Waals surface area contributed by atoms with Crippen LogP contribution in [0.25, 0.3) is 0 Å². The van der Waals surface area contributed by atoms with Crippen LogP contribution in [0.5, 0.6) is 0 Å². The van der Waals surface area contributed by atoms with Gasteiger partial charge in [0.1, 0.15) is 0 Å². The van der Waals surface area contributed by atoms with Gasteiger partial charge in [-0.25, -0.2) is 0 Å². The van der Waals surface area contributed by atoms with Crippen molar-refractivity contribution in [1.82, 2.24) is 15.0 Å². The highest BCUT2D eigenvalue weighted by Gasteiger charge is 2.04. The molecule has 0 aliphatic heterocycles. The van der Waals surface area contributed by atoms with Crippen molar-refractivity contribution in [3.63, 3.8) is 0 Å². The summed E-state index contributed by atoms with van der Waals surface area (Å²) >= 11 is 3.42. The van der Waals surface area contributed by atoms with Crippen LogP contribution in [0.1, 0.15) is 12.0 Å². The first-order chi connectivity index (χ1) is 8.65. The van der Waals surface area contributed by atoms with Crippen molar-refractivity contribution in [2.75, 3.05) is 5.32 Å². The molecule has 0 spiro atoms. The lowest BCUT2D eigenvalue weighted by molar-refractivity contribution is -0.116. The van der Waals surface area contributed by atoms with Gasteiger partial charge in [0.05, 0.1) is 12.7 Å². The van der Waals surface area contributed by atoms with Crippen LogP contribution in [0.2, 0.25) is 0 Å². The maximum absolute atomic E-state index is 11.7. The second-order valence-corrected chi connectivity index (χ2v) is 4.78. The average Bonchev–Trinajstić information content (AvgIpc) is 2.84. The topological polar surface area (TPSA) is 59.8 Å². The number of carbonyl (C=O) groups is 1. The Bertz CT molecular complexity index is 539. The van der Waals surface area contributed by atoms with Gasteiger partial charge in [-0.05, 0) is 30.7 Å². The molecule has 5 nitrogen and oxygen atoms in total. The lowest BCUT2D eigenvalue weighted by Crippen LogP contribution is -2.14. The van der Waals surface area contributed by atoms with E-state index in [0.717, 1.165) is 15.7 Å². The van der Waals surface area contributed by atoms with Gasteiger partial charge in [0, 0.05) is 22.8 Å². The molecule has 2 aromatic rings. The van der Waals surface area contributed by atoms with E-state index in [0.29, 0.717) is 13.0 Å². The van der Waals surface area contributed by atoms with Gasteiger partial charge >= 0.3 is 0 Å². The van der Waals surface area contributed by atoms with E-state index in [4.69, 9.17) is 0 Å². The van der Waals surface area contributed by atoms with Gasteiger partial charge in [-0.15, -0.1) is 5.10 Å². The SMILES string of the molecule is Cc1cc(NC(=O)CCn2ccnn2)ccc1Br. The fourth-order valence-corrected chi connectivity index (χ4v) is 1.76. The van der Waals surface area contributed by atoms with Crippen LogP contribution in [0.4, 0.5) is 5.69 Å². The highest BCUT2D eigenvalue weighted by molar-refractivity contribution is 9.10. The van der Waals surface area contributed by atoms with Crippen LogP contribution >= 0.6 is 15.9 Å². The molecule has 94 valence electrons. The summed E-state index contributed by atoms with van der Waals surface area (Å²) in [6.45, 7) is 2.51. The average molecular weight is 309 g/mol. The van der Waals surface area contributed by atoms with Gasteiger partial charge in [0.15, 0.2) is 0 Å². The third-order valence-corrected chi connectivity index (χ3v) is 3.37.